The summed E-state index contributed by atoms with van der Waals surface area (Å²) < 4.78 is 4.87. The second-order valence-corrected chi connectivity index (χ2v) is 8.47. The number of carbonyl (C=O) groups is 4. The van der Waals surface area contributed by atoms with Crippen LogP contribution in [-0.4, -0.2) is 42.1 Å². The maximum Gasteiger partial charge on any atom is 0.382 e. The summed E-state index contributed by atoms with van der Waals surface area (Å²) in [4.78, 5) is 55.6. The van der Waals surface area contributed by atoms with Crippen LogP contribution in [0.3, 0.4) is 0 Å². The molecule has 1 aliphatic heterocycles. The summed E-state index contributed by atoms with van der Waals surface area (Å²) >= 11 is 0. The van der Waals surface area contributed by atoms with Crippen LogP contribution in [0.25, 0.3) is 10.8 Å². The third-order valence-corrected chi connectivity index (χ3v) is 6.31. The van der Waals surface area contributed by atoms with Crippen molar-refractivity contribution in [3.05, 3.63) is 72.1 Å². The molecule has 4 rings (SSSR count). The highest BCUT2D eigenvalue weighted by Gasteiger charge is 2.32. The molecule has 0 spiro atoms. The number of para-hydroxylation sites is 1. The number of nitrogens with zero attached hydrogens (tertiary/aromatic N) is 2. The van der Waals surface area contributed by atoms with Gasteiger partial charge < -0.3 is 14.4 Å². The van der Waals surface area contributed by atoms with Crippen molar-refractivity contribution in [1.82, 2.24) is 4.98 Å². The lowest BCUT2D eigenvalue weighted by Gasteiger charge is -2.31. The Morgan fingerprint density at radius 1 is 1.09 bits per heavy atom. The van der Waals surface area contributed by atoms with Crippen LogP contribution >= 0.6 is 0 Å². The Morgan fingerprint density at radius 2 is 1.85 bits per heavy atom. The number of aryl methyl sites for hydroxylation is 1. The van der Waals surface area contributed by atoms with Crippen molar-refractivity contribution < 1.29 is 23.9 Å². The molecule has 34 heavy (non-hydrogen) atoms. The number of benzene rings is 2. The molecule has 0 bridgehead atoms. The van der Waals surface area contributed by atoms with Gasteiger partial charge in [-0.15, -0.1) is 0 Å². The van der Waals surface area contributed by atoms with Gasteiger partial charge in [0.05, 0.1) is 17.5 Å². The van der Waals surface area contributed by atoms with Crippen molar-refractivity contribution in [3.8, 4) is 0 Å². The molecular weight excluding hydrogens is 432 g/mol. The highest BCUT2D eigenvalue weighted by molar-refractivity contribution is 6.35. The zero-order valence-corrected chi connectivity index (χ0v) is 19.0. The molecule has 0 aliphatic carbocycles. The summed E-state index contributed by atoms with van der Waals surface area (Å²) in [6, 6.07) is 17.2. The molecule has 0 radical (unpaired) electrons. The average molecular weight is 459 g/mol. The molecule has 2 heterocycles. The van der Waals surface area contributed by atoms with Gasteiger partial charge in [0, 0.05) is 36.8 Å². The van der Waals surface area contributed by atoms with Gasteiger partial charge in [-0.3, -0.25) is 14.6 Å². The smallest absolute Gasteiger partial charge is 0.382 e. The van der Waals surface area contributed by atoms with Crippen LogP contribution in [0.5, 0.6) is 0 Å². The normalized spacial score (nSPS) is 14.7. The van der Waals surface area contributed by atoms with E-state index in [1.165, 1.54) is 12.5 Å². The Morgan fingerprint density at radius 3 is 2.68 bits per heavy atom. The Kier molecular flexibility index (Phi) is 7.11. The van der Waals surface area contributed by atoms with Gasteiger partial charge in [0.2, 0.25) is 5.78 Å². The first-order chi connectivity index (χ1) is 16.5. The predicted molar refractivity (Wildman–Crippen MR) is 127 cm³/mol. The van der Waals surface area contributed by atoms with Crippen molar-refractivity contribution in [2.45, 2.75) is 32.1 Å². The van der Waals surface area contributed by atoms with Gasteiger partial charge in [-0.25, -0.2) is 4.79 Å². The minimum atomic E-state index is -1.20. The first-order valence-electron chi connectivity index (χ1n) is 11.4. The molecule has 2 atom stereocenters. The number of esters is 2. The molecule has 2 aromatic carbocycles. The number of aldehydes is 1. The van der Waals surface area contributed by atoms with E-state index in [4.69, 9.17) is 4.74 Å². The van der Waals surface area contributed by atoms with Crippen LogP contribution in [0.4, 0.5) is 5.69 Å². The Bertz CT molecular complexity index is 1230. The lowest BCUT2D eigenvalue weighted by molar-refractivity contribution is -0.167. The molecule has 0 amide bonds. The second-order valence-electron chi connectivity index (χ2n) is 8.47. The van der Waals surface area contributed by atoms with Crippen LogP contribution in [-0.2, 0) is 30.3 Å². The van der Waals surface area contributed by atoms with Crippen LogP contribution in [0, 0.1) is 5.92 Å². The van der Waals surface area contributed by atoms with E-state index in [1.54, 1.807) is 6.20 Å². The van der Waals surface area contributed by atoms with E-state index in [2.05, 4.69) is 16.0 Å². The average Bonchev–Trinajstić information content (AvgIpc) is 2.87. The van der Waals surface area contributed by atoms with E-state index in [0.29, 0.717) is 18.5 Å². The van der Waals surface area contributed by atoms with Gasteiger partial charge >= 0.3 is 11.9 Å². The van der Waals surface area contributed by atoms with Gasteiger partial charge in [0.25, 0.3) is 0 Å². The largest absolute Gasteiger partial charge is 0.387 e. The summed E-state index contributed by atoms with van der Waals surface area (Å²) in [6.45, 7) is 2.66. The maximum absolute atomic E-state index is 12.6. The molecule has 0 saturated heterocycles. The molecule has 0 saturated carbocycles. The first kappa shape index (κ1) is 23.3. The number of anilines is 1. The van der Waals surface area contributed by atoms with Crippen LogP contribution in [0.2, 0.25) is 0 Å². The second kappa shape index (κ2) is 10.4. The van der Waals surface area contributed by atoms with Gasteiger partial charge in [0.1, 0.15) is 6.29 Å². The Labute approximate surface area is 197 Å². The number of carbonyl (C=O) groups excluding carboxylic acids is 4. The van der Waals surface area contributed by atoms with Gasteiger partial charge in [-0.05, 0) is 35.9 Å². The van der Waals surface area contributed by atoms with Crippen molar-refractivity contribution >= 4 is 40.5 Å². The van der Waals surface area contributed by atoms with Crippen molar-refractivity contribution in [2.24, 2.45) is 5.92 Å². The summed E-state index contributed by atoms with van der Waals surface area (Å²) in [5.74, 6) is -4.78. The minimum absolute atomic E-state index is 0.0587. The lowest BCUT2D eigenvalue weighted by Crippen LogP contribution is -2.34. The molecule has 7 heteroatoms. The third-order valence-electron chi connectivity index (χ3n) is 6.31. The number of fused-ring (bicyclic) bond motifs is 2. The highest BCUT2D eigenvalue weighted by atomic mass is 16.6. The van der Waals surface area contributed by atoms with Crippen molar-refractivity contribution in [2.75, 3.05) is 18.0 Å². The lowest BCUT2D eigenvalue weighted by atomic mass is 9.89. The fraction of sp³-hybridized carbons (Fsp3) is 0.296. The topological polar surface area (TPSA) is 93.6 Å². The summed E-state index contributed by atoms with van der Waals surface area (Å²) in [5, 5.41) is 1.62. The quantitative estimate of drug-likeness (QED) is 0.220. The van der Waals surface area contributed by atoms with Crippen LogP contribution < -0.4 is 4.90 Å². The summed E-state index contributed by atoms with van der Waals surface area (Å²) in [6.07, 6.45) is 4.09. The number of pyridine rings is 1. The van der Waals surface area contributed by atoms with Gasteiger partial charge in [-0.2, -0.15) is 0 Å². The summed E-state index contributed by atoms with van der Waals surface area (Å²) in [5.41, 5.74) is 2.71. The van der Waals surface area contributed by atoms with E-state index in [9.17, 15) is 19.2 Å². The molecule has 3 aromatic rings. The number of hydrogen-bond donors (Lipinski definition) is 0. The molecule has 174 valence electrons. The Hall–Kier alpha value is -3.87. The predicted octanol–water partition coefficient (Wildman–Crippen LogP) is 3.64. The van der Waals surface area contributed by atoms with E-state index < -0.39 is 29.6 Å². The van der Waals surface area contributed by atoms with Crippen LogP contribution in [0.1, 0.15) is 36.9 Å². The van der Waals surface area contributed by atoms with E-state index >= 15 is 0 Å². The fourth-order valence-electron chi connectivity index (χ4n) is 4.40. The number of ketones is 1. The molecule has 2 unspecified atom stereocenters. The van der Waals surface area contributed by atoms with Gasteiger partial charge in [0.15, 0.2) is 0 Å². The van der Waals surface area contributed by atoms with Gasteiger partial charge in [-0.1, -0.05) is 49.4 Å². The first-order valence-corrected chi connectivity index (χ1v) is 11.4. The zero-order valence-electron chi connectivity index (χ0n) is 19.0. The number of aromatic nitrogens is 1. The number of hydrogen-bond acceptors (Lipinski definition) is 7. The molecule has 1 aliphatic rings. The maximum atomic E-state index is 12.6. The fourth-order valence-corrected chi connectivity index (χ4v) is 4.40. The van der Waals surface area contributed by atoms with Crippen LogP contribution in [0.15, 0.2) is 60.8 Å². The van der Waals surface area contributed by atoms with E-state index in [-0.39, 0.29) is 6.42 Å². The standard InChI is InChI=1S/C27H26N2O5/c1-18(22(17-30)25-21-10-4-2-7-19(21)12-14-28-25)26(32)34-27(33)24(31)13-16-29-15-6-9-20-8-3-5-11-23(20)29/h2-5,7-8,10-12,14,17-18,22H,6,9,13,15-16H2,1H3. The molecular formula is C27H26N2O5. The molecule has 0 fully saturated rings. The molecule has 0 N–H and O–H groups in total. The van der Waals surface area contributed by atoms with E-state index in [0.717, 1.165) is 35.8 Å². The molecule has 1 aromatic heterocycles. The number of Topliss-reactive ketones (excluding diaryl/α,β-unsaturated/α-hetero) is 1. The highest BCUT2D eigenvalue weighted by Crippen LogP contribution is 2.29. The zero-order chi connectivity index (χ0) is 24.1. The number of rotatable bonds is 8. The minimum Gasteiger partial charge on any atom is -0.387 e. The van der Waals surface area contributed by atoms with E-state index in [1.807, 2.05) is 48.5 Å². The van der Waals surface area contributed by atoms with Crippen molar-refractivity contribution in [1.29, 1.82) is 0 Å². The van der Waals surface area contributed by atoms with Crippen molar-refractivity contribution in [3.63, 3.8) is 0 Å². The molecule has 7 nitrogen and oxygen atoms in total. The Balaban J connectivity index is 1.38. The summed E-state index contributed by atoms with van der Waals surface area (Å²) in [7, 11) is 0. The monoisotopic (exact) mass is 458 g/mol. The third kappa shape index (κ3) is 4.88. The SMILES string of the molecule is CC(C(=O)OC(=O)C(=O)CCN1CCCc2ccccc21)C(C=O)c1nccc2ccccc12. The number of ether oxygens (including phenoxy) is 1.